The summed E-state index contributed by atoms with van der Waals surface area (Å²) in [7, 11) is 0. The molecule has 0 spiro atoms. The molecule has 0 saturated carbocycles. The number of hydrogen-bond donors (Lipinski definition) is 1. The minimum atomic E-state index is 0.543. The minimum Gasteiger partial charge on any atom is -0.310 e. The van der Waals surface area contributed by atoms with Crippen molar-refractivity contribution in [1.82, 2.24) is 10.2 Å². The summed E-state index contributed by atoms with van der Waals surface area (Å²) in [5.41, 5.74) is 2.96. The quantitative estimate of drug-likeness (QED) is 0.844. The fourth-order valence-corrected chi connectivity index (χ4v) is 3.23. The second kappa shape index (κ2) is 8.55. The van der Waals surface area contributed by atoms with E-state index in [0.717, 1.165) is 19.0 Å². The SMILES string of the molecule is CCC1CCCN(Cc2ccccc2CNC(C)C)CC1. The lowest BCUT2D eigenvalue weighted by atomic mass is 9.98. The van der Waals surface area contributed by atoms with Crippen LogP contribution in [0.4, 0.5) is 0 Å². The summed E-state index contributed by atoms with van der Waals surface area (Å²) < 4.78 is 0. The molecule has 1 aromatic rings. The number of nitrogens with one attached hydrogen (secondary N) is 1. The van der Waals surface area contributed by atoms with Gasteiger partial charge in [0.1, 0.15) is 0 Å². The fraction of sp³-hybridized carbons (Fsp3) is 0.684. The number of nitrogens with zero attached hydrogens (tertiary/aromatic N) is 1. The zero-order valence-electron chi connectivity index (χ0n) is 14.1. The normalized spacial score (nSPS) is 20.7. The lowest BCUT2D eigenvalue weighted by Crippen LogP contribution is -2.26. The maximum atomic E-state index is 3.55. The molecule has 0 aliphatic carbocycles. The highest BCUT2D eigenvalue weighted by Gasteiger charge is 2.16. The lowest BCUT2D eigenvalue weighted by Gasteiger charge is -2.22. The summed E-state index contributed by atoms with van der Waals surface area (Å²) >= 11 is 0. The van der Waals surface area contributed by atoms with E-state index in [-0.39, 0.29) is 0 Å². The van der Waals surface area contributed by atoms with Crippen LogP contribution in [0.5, 0.6) is 0 Å². The van der Waals surface area contributed by atoms with E-state index >= 15 is 0 Å². The summed E-state index contributed by atoms with van der Waals surface area (Å²) in [5, 5.41) is 3.55. The summed E-state index contributed by atoms with van der Waals surface area (Å²) in [6, 6.07) is 9.47. The van der Waals surface area contributed by atoms with Crippen LogP contribution in [0, 0.1) is 5.92 Å². The molecule has 1 aromatic carbocycles. The molecule has 0 amide bonds. The Morgan fingerprint density at radius 2 is 1.90 bits per heavy atom. The minimum absolute atomic E-state index is 0.543. The van der Waals surface area contributed by atoms with Crippen LogP contribution in [0.2, 0.25) is 0 Å². The molecule has 0 aromatic heterocycles. The van der Waals surface area contributed by atoms with E-state index in [1.54, 1.807) is 0 Å². The largest absolute Gasteiger partial charge is 0.310 e. The van der Waals surface area contributed by atoms with Crippen LogP contribution < -0.4 is 5.32 Å². The highest BCUT2D eigenvalue weighted by atomic mass is 15.1. The molecule has 2 nitrogen and oxygen atoms in total. The first kappa shape index (κ1) is 16.5. The van der Waals surface area contributed by atoms with Crippen molar-refractivity contribution in [3.8, 4) is 0 Å². The molecule has 118 valence electrons. The van der Waals surface area contributed by atoms with Gasteiger partial charge in [-0.05, 0) is 49.4 Å². The van der Waals surface area contributed by atoms with E-state index in [0.29, 0.717) is 6.04 Å². The van der Waals surface area contributed by atoms with Gasteiger partial charge in [-0.15, -0.1) is 0 Å². The van der Waals surface area contributed by atoms with Crippen molar-refractivity contribution in [2.45, 2.75) is 65.6 Å². The first-order valence-corrected chi connectivity index (χ1v) is 8.71. The van der Waals surface area contributed by atoms with E-state index in [9.17, 15) is 0 Å². The van der Waals surface area contributed by atoms with E-state index in [2.05, 4.69) is 55.3 Å². The summed E-state index contributed by atoms with van der Waals surface area (Å²) in [6.07, 6.45) is 5.51. The van der Waals surface area contributed by atoms with Gasteiger partial charge in [0.15, 0.2) is 0 Å². The van der Waals surface area contributed by atoms with E-state index in [4.69, 9.17) is 0 Å². The predicted molar refractivity (Wildman–Crippen MR) is 91.3 cm³/mol. The van der Waals surface area contributed by atoms with Gasteiger partial charge >= 0.3 is 0 Å². The second-order valence-electron chi connectivity index (χ2n) is 6.79. The molecule has 2 heteroatoms. The van der Waals surface area contributed by atoms with Crippen LogP contribution in [0.3, 0.4) is 0 Å². The van der Waals surface area contributed by atoms with Crippen LogP contribution in [0.1, 0.15) is 57.6 Å². The number of rotatable bonds is 6. The van der Waals surface area contributed by atoms with Crippen LogP contribution >= 0.6 is 0 Å². The molecule has 1 atom stereocenters. The van der Waals surface area contributed by atoms with Crippen molar-refractivity contribution in [2.24, 2.45) is 5.92 Å². The summed E-state index contributed by atoms with van der Waals surface area (Å²) in [4.78, 5) is 2.66. The van der Waals surface area contributed by atoms with Crippen molar-refractivity contribution in [1.29, 1.82) is 0 Å². The van der Waals surface area contributed by atoms with Gasteiger partial charge in [0.2, 0.25) is 0 Å². The topological polar surface area (TPSA) is 15.3 Å². The molecule has 1 aliphatic heterocycles. The van der Waals surface area contributed by atoms with Gasteiger partial charge in [0.05, 0.1) is 0 Å². The Hall–Kier alpha value is -0.860. The Labute approximate surface area is 130 Å². The van der Waals surface area contributed by atoms with Crippen molar-refractivity contribution in [3.05, 3.63) is 35.4 Å². The Balaban J connectivity index is 1.95. The first-order valence-electron chi connectivity index (χ1n) is 8.71. The number of benzene rings is 1. The van der Waals surface area contributed by atoms with Gasteiger partial charge in [-0.1, -0.05) is 51.5 Å². The average Bonchev–Trinajstić information content (AvgIpc) is 2.71. The monoisotopic (exact) mass is 288 g/mol. The molecular formula is C19H32N2. The third kappa shape index (κ3) is 5.44. The van der Waals surface area contributed by atoms with Gasteiger partial charge < -0.3 is 5.32 Å². The van der Waals surface area contributed by atoms with Gasteiger partial charge in [0.25, 0.3) is 0 Å². The molecule has 1 saturated heterocycles. The molecule has 2 rings (SSSR count). The Bertz CT molecular complexity index is 414. The maximum absolute atomic E-state index is 3.55. The van der Waals surface area contributed by atoms with Gasteiger partial charge in [-0.3, -0.25) is 4.90 Å². The van der Waals surface area contributed by atoms with Crippen LogP contribution in [0.25, 0.3) is 0 Å². The first-order chi connectivity index (χ1) is 10.2. The third-order valence-electron chi connectivity index (χ3n) is 4.73. The number of likely N-dealkylation sites (tertiary alicyclic amines) is 1. The van der Waals surface area contributed by atoms with Gasteiger partial charge in [0, 0.05) is 19.1 Å². The van der Waals surface area contributed by atoms with E-state index < -0.39 is 0 Å². The van der Waals surface area contributed by atoms with Crippen LogP contribution in [0.15, 0.2) is 24.3 Å². The molecule has 1 aliphatic rings. The van der Waals surface area contributed by atoms with Crippen molar-refractivity contribution in [2.75, 3.05) is 13.1 Å². The van der Waals surface area contributed by atoms with Crippen molar-refractivity contribution >= 4 is 0 Å². The molecule has 0 radical (unpaired) electrons. The molecular weight excluding hydrogens is 256 g/mol. The zero-order chi connectivity index (χ0) is 15.1. The smallest absolute Gasteiger partial charge is 0.0236 e. The average molecular weight is 288 g/mol. The van der Waals surface area contributed by atoms with E-state index in [1.165, 1.54) is 49.9 Å². The molecule has 1 unspecified atom stereocenters. The Morgan fingerprint density at radius 3 is 2.62 bits per heavy atom. The molecule has 1 N–H and O–H groups in total. The third-order valence-corrected chi connectivity index (χ3v) is 4.73. The van der Waals surface area contributed by atoms with Crippen LogP contribution in [-0.2, 0) is 13.1 Å². The fourth-order valence-electron chi connectivity index (χ4n) is 3.23. The van der Waals surface area contributed by atoms with Gasteiger partial charge in [-0.2, -0.15) is 0 Å². The summed E-state index contributed by atoms with van der Waals surface area (Å²) in [6.45, 7) is 11.4. The Morgan fingerprint density at radius 1 is 1.14 bits per heavy atom. The Kier molecular flexibility index (Phi) is 6.72. The molecule has 21 heavy (non-hydrogen) atoms. The predicted octanol–water partition coefficient (Wildman–Crippen LogP) is 4.20. The van der Waals surface area contributed by atoms with E-state index in [1.807, 2.05) is 0 Å². The zero-order valence-corrected chi connectivity index (χ0v) is 14.1. The summed E-state index contributed by atoms with van der Waals surface area (Å²) in [5.74, 6) is 0.952. The highest BCUT2D eigenvalue weighted by Crippen LogP contribution is 2.22. The standard InChI is InChI=1S/C19H32N2/c1-4-17-8-7-12-21(13-11-17)15-19-10-6-5-9-18(19)14-20-16(2)3/h5-6,9-10,16-17,20H,4,7-8,11-15H2,1-3H3. The van der Waals surface area contributed by atoms with Gasteiger partial charge in [-0.25, -0.2) is 0 Å². The number of hydrogen-bond acceptors (Lipinski definition) is 2. The maximum Gasteiger partial charge on any atom is 0.0236 e. The molecule has 0 bridgehead atoms. The van der Waals surface area contributed by atoms with Crippen molar-refractivity contribution < 1.29 is 0 Å². The van der Waals surface area contributed by atoms with Crippen molar-refractivity contribution in [3.63, 3.8) is 0 Å². The van der Waals surface area contributed by atoms with Crippen LogP contribution in [-0.4, -0.2) is 24.0 Å². The second-order valence-corrected chi connectivity index (χ2v) is 6.79. The highest BCUT2D eigenvalue weighted by molar-refractivity contribution is 5.27. The lowest BCUT2D eigenvalue weighted by molar-refractivity contribution is 0.271. The molecule has 1 fully saturated rings. The molecule has 1 heterocycles.